The van der Waals surface area contributed by atoms with Gasteiger partial charge in [-0.15, -0.1) is 0 Å². The second-order valence-corrected chi connectivity index (χ2v) is 5.71. The Hall–Kier alpha value is -2.46. The fraction of sp³-hybridized carbons (Fsp3) is 0.211. The highest BCUT2D eigenvalue weighted by atomic mass is 35.5. The average molecular weight is 342 g/mol. The summed E-state index contributed by atoms with van der Waals surface area (Å²) >= 11 is 6.40. The zero-order valence-electron chi connectivity index (χ0n) is 13.8. The highest BCUT2D eigenvalue weighted by Crippen LogP contribution is 2.27. The van der Waals surface area contributed by atoms with E-state index < -0.39 is 0 Å². The molecule has 0 saturated carbocycles. The van der Waals surface area contributed by atoms with Crippen LogP contribution in [0.1, 0.15) is 31.0 Å². The summed E-state index contributed by atoms with van der Waals surface area (Å²) in [5, 5.41) is 3.35. The number of anilines is 1. The largest absolute Gasteiger partial charge is 0.307 e. The number of aromatic nitrogens is 2. The number of amides is 1. The molecule has 0 radical (unpaired) electrons. The Morgan fingerprint density at radius 1 is 1.42 bits per heavy atom. The van der Waals surface area contributed by atoms with Crippen LogP contribution in [0, 0.1) is 6.92 Å². The van der Waals surface area contributed by atoms with Crippen molar-refractivity contribution in [2.24, 2.45) is 0 Å². The molecule has 5 heteroatoms. The van der Waals surface area contributed by atoms with Gasteiger partial charge in [-0.1, -0.05) is 43.7 Å². The SMILES string of the molecule is C=CC(=O)Nc1cccc(-c2cnc(C)c(/C(Cl)=C\CCC)c2)n1. The van der Waals surface area contributed by atoms with Gasteiger partial charge in [0.25, 0.3) is 0 Å². The highest BCUT2D eigenvalue weighted by molar-refractivity contribution is 6.48. The van der Waals surface area contributed by atoms with E-state index in [1.807, 2.05) is 31.2 Å². The van der Waals surface area contributed by atoms with Crippen LogP contribution in [0.3, 0.4) is 0 Å². The second kappa shape index (κ2) is 8.41. The van der Waals surface area contributed by atoms with Gasteiger partial charge in [-0.25, -0.2) is 4.98 Å². The number of unbranched alkanes of at least 4 members (excludes halogenated alkanes) is 1. The van der Waals surface area contributed by atoms with Crippen LogP contribution in [0.5, 0.6) is 0 Å². The third-order valence-electron chi connectivity index (χ3n) is 3.44. The van der Waals surface area contributed by atoms with Crippen LogP contribution in [-0.4, -0.2) is 15.9 Å². The van der Waals surface area contributed by atoms with E-state index in [1.165, 1.54) is 6.08 Å². The van der Waals surface area contributed by atoms with Crippen LogP contribution in [-0.2, 0) is 4.79 Å². The lowest BCUT2D eigenvalue weighted by Crippen LogP contribution is -2.08. The molecule has 0 unspecified atom stereocenters. The van der Waals surface area contributed by atoms with Crippen LogP contribution in [0.25, 0.3) is 16.3 Å². The van der Waals surface area contributed by atoms with E-state index in [-0.39, 0.29) is 5.91 Å². The number of carbonyl (C=O) groups is 1. The van der Waals surface area contributed by atoms with Crippen molar-refractivity contribution in [3.05, 3.63) is 60.5 Å². The van der Waals surface area contributed by atoms with Gasteiger partial charge >= 0.3 is 0 Å². The summed E-state index contributed by atoms with van der Waals surface area (Å²) in [6.07, 6.45) is 6.92. The highest BCUT2D eigenvalue weighted by Gasteiger charge is 2.09. The monoisotopic (exact) mass is 341 g/mol. The maximum absolute atomic E-state index is 11.4. The summed E-state index contributed by atoms with van der Waals surface area (Å²) in [4.78, 5) is 20.3. The summed E-state index contributed by atoms with van der Waals surface area (Å²) < 4.78 is 0. The lowest BCUT2D eigenvalue weighted by molar-refractivity contribution is -0.111. The van der Waals surface area contributed by atoms with E-state index in [4.69, 9.17) is 11.6 Å². The third-order valence-corrected chi connectivity index (χ3v) is 3.80. The Bertz CT molecular complexity index is 784. The van der Waals surface area contributed by atoms with Gasteiger partial charge in [-0.2, -0.15) is 0 Å². The molecule has 24 heavy (non-hydrogen) atoms. The number of rotatable bonds is 6. The Kier molecular flexibility index (Phi) is 6.27. The molecule has 2 aromatic rings. The van der Waals surface area contributed by atoms with Crippen LogP contribution in [0.15, 0.2) is 49.2 Å². The number of carbonyl (C=O) groups excluding carboxylic acids is 1. The van der Waals surface area contributed by atoms with Crippen molar-refractivity contribution in [3.63, 3.8) is 0 Å². The molecule has 0 atom stereocenters. The molecule has 4 nitrogen and oxygen atoms in total. The number of nitrogens with one attached hydrogen (secondary N) is 1. The molecular formula is C19H20ClN3O. The van der Waals surface area contributed by atoms with Gasteiger partial charge < -0.3 is 5.32 Å². The van der Waals surface area contributed by atoms with Crippen LogP contribution < -0.4 is 5.32 Å². The molecule has 0 aliphatic carbocycles. The Morgan fingerprint density at radius 2 is 2.21 bits per heavy atom. The Morgan fingerprint density at radius 3 is 2.92 bits per heavy atom. The normalized spacial score (nSPS) is 11.2. The van der Waals surface area contributed by atoms with Crippen LogP contribution >= 0.6 is 11.6 Å². The first-order valence-electron chi connectivity index (χ1n) is 7.78. The number of allylic oxidation sites excluding steroid dienone is 1. The van der Waals surface area contributed by atoms with Crippen molar-refractivity contribution in [2.45, 2.75) is 26.7 Å². The Labute approximate surface area is 147 Å². The number of aryl methyl sites for hydroxylation is 1. The molecule has 2 aromatic heterocycles. The molecule has 2 heterocycles. The second-order valence-electron chi connectivity index (χ2n) is 5.30. The minimum Gasteiger partial charge on any atom is -0.307 e. The minimum absolute atomic E-state index is 0.298. The predicted molar refractivity (Wildman–Crippen MR) is 99.8 cm³/mol. The van der Waals surface area contributed by atoms with Crippen molar-refractivity contribution in [1.29, 1.82) is 0 Å². The number of nitrogens with zero attached hydrogens (tertiary/aromatic N) is 2. The van der Waals surface area contributed by atoms with Crippen molar-refractivity contribution in [1.82, 2.24) is 9.97 Å². The van der Waals surface area contributed by atoms with Crippen molar-refractivity contribution in [3.8, 4) is 11.3 Å². The van der Waals surface area contributed by atoms with Crippen LogP contribution in [0.4, 0.5) is 5.82 Å². The summed E-state index contributed by atoms with van der Waals surface area (Å²) in [7, 11) is 0. The fourth-order valence-electron chi connectivity index (χ4n) is 2.14. The number of hydrogen-bond donors (Lipinski definition) is 1. The molecule has 1 amide bonds. The lowest BCUT2D eigenvalue weighted by atomic mass is 10.1. The van der Waals surface area contributed by atoms with Crippen molar-refractivity contribution < 1.29 is 4.79 Å². The van der Waals surface area contributed by atoms with E-state index in [2.05, 4.69) is 28.8 Å². The first-order valence-corrected chi connectivity index (χ1v) is 8.16. The zero-order chi connectivity index (χ0) is 17.5. The van der Waals surface area contributed by atoms with Gasteiger partial charge in [0.1, 0.15) is 5.82 Å². The smallest absolute Gasteiger partial charge is 0.248 e. The van der Waals surface area contributed by atoms with E-state index in [9.17, 15) is 4.79 Å². The molecule has 124 valence electrons. The average Bonchev–Trinajstić information content (AvgIpc) is 2.60. The van der Waals surface area contributed by atoms with Gasteiger partial charge in [-0.3, -0.25) is 9.78 Å². The van der Waals surface area contributed by atoms with E-state index in [1.54, 1.807) is 12.3 Å². The standard InChI is InChI=1S/C19H20ClN3O/c1-4-6-8-16(20)15-11-14(12-21-13(15)3)17-9-7-10-18(22-17)23-19(24)5-2/h5,7-12H,2,4,6H2,1,3H3,(H,22,23,24)/b16-8+. The first kappa shape index (κ1) is 17.9. The van der Waals surface area contributed by atoms with E-state index in [0.29, 0.717) is 16.5 Å². The van der Waals surface area contributed by atoms with Gasteiger partial charge in [0, 0.05) is 28.0 Å². The molecule has 0 bridgehead atoms. The summed E-state index contributed by atoms with van der Waals surface area (Å²) in [5.74, 6) is 0.167. The number of hydrogen-bond acceptors (Lipinski definition) is 3. The summed E-state index contributed by atoms with van der Waals surface area (Å²) in [6, 6.07) is 7.39. The maximum atomic E-state index is 11.4. The Balaban J connectivity index is 2.37. The van der Waals surface area contributed by atoms with Crippen LogP contribution in [0.2, 0.25) is 0 Å². The molecule has 0 aliphatic heterocycles. The van der Waals surface area contributed by atoms with E-state index in [0.717, 1.165) is 29.7 Å². The molecular weight excluding hydrogens is 322 g/mol. The molecule has 0 saturated heterocycles. The minimum atomic E-state index is -0.298. The van der Waals surface area contributed by atoms with Gasteiger partial charge in [0.05, 0.1) is 5.69 Å². The number of pyridine rings is 2. The summed E-state index contributed by atoms with van der Waals surface area (Å²) in [6.45, 7) is 7.46. The molecule has 2 rings (SSSR count). The zero-order valence-corrected chi connectivity index (χ0v) is 14.6. The van der Waals surface area contributed by atoms with Crippen molar-refractivity contribution in [2.75, 3.05) is 5.32 Å². The molecule has 1 N–H and O–H groups in total. The molecule has 0 spiro atoms. The third kappa shape index (κ3) is 4.52. The van der Waals surface area contributed by atoms with Gasteiger partial charge in [-0.05, 0) is 37.6 Å². The quantitative estimate of drug-likeness (QED) is 0.756. The summed E-state index contributed by atoms with van der Waals surface area (Å²) in [5.41, 5.74) is 3.32. The fourth-order valence-corrected chi connectivity index (χ4v) is 2.44. The van der Waals surface area contributed by atoms with Gasteiger partial charge in [0.15, 0.2) is 0 Å². The predicted octanol–water partition coefficient (Wildman–Crippen LogP) is 4.96. The maximum Gasteiger partial charge on any atom is 0.248 e. The molecule has 0 aromatic carbocycles. The topological polar surface area (TPSA) is 54.9 Å². The van der Waals surface area contributed by atoms with Gasteiger partial charge in [0.2, 0.25) is 5.91 Å². The first-order chi connectivity index (χ1) is 11.5. The van der Waals surface area contributed by atoms with E-state index >= 15 is 0 Å². The number of halogens is 1. The van der Waals surface area contributed by atoms with Crippen molar-refractivity contribution >= 4 is 28.4 Å². The molecule has 0 fully saturated rings. The lowest BCUT2D eigenvalue weighted by Gasteiger charge is -2.09. The molecule has 0 aliphatic rings.